The smallest absolute Gasteiger partial charge is 0.328 e. The summed E-state index contributed by atoms with van der Waals surface area (Å²) in [4.78, 5) is 13.0. The molecule has 1 aliphatic carbocycles. The molecule has 3 heteroatoms. The third-order valence-corrected chi connectivity index (χ3v) is 4.89. The van der Waals surface area contributed by atoms with Gasteiger partial charge < -0.3 is 10.0 Å². The average Bonchev–Trinajstić information content (AvgIpc) is 2.70. The number of carbonyl (C=O) groups is 1. The van der Waals surface area contributed by atoms with Crippen molar-refractivity contribution in [3.05, 3.63) is 35.9 Å². The van der Waals surface area contributed by atoms with Crippen molar-refractivity contribution in [2.75, 3.05) is 18.0 Å². The Kier molecular flexibility index (Phi) is 4.00. The minimum atomic E-state index is -0.905. The van der Waals surface area contributed by atoms with E-state index in [2.05, 4.69) is 17.0 Å². The highest BCUT2D eigenvalue weighted by atomic mass is 16.4. The molecule has 3 nitrogen and oxygen atoms in total. The second kappa shape index (κ2) is 5.92. The van der Waals surface area contributed by atoms with Crippen LogP contribution in [-0.2, 0) is 4.79 Å². The molecule has 1 aliphatic heterocycles. The number of carboxylic acid groups (broad SMARTS) is 1. The molecule has 0 unspecified atom stereocenters. The first kappa shape index (κ1) is 14.2. The van der Waals surface area contributed by atoms with Gasteiger partial charge in [0.25, 0.3) is 0 Å². The van der Waals surface area contributed by atoms with Crippen LogP contribution in [0.3, 0.4) is 0 Å². The van der Waals surface area contributed by atoms with Crippen molar-refractivity contribution in [1.29, 1.82) is 0 Å². The fraction of sp³-hybridized carbons (Fsp3) is 0.500. The first-order valence-electron chi connectivity index (χ1n) is 7.93. The van der Waals surface area contributed by atoms with E-state index in [0.717, 1.165) is 5.56 Å². The summed E-state index contributed by atoms with van der Waals surface area (Å²) in [6.07, 6.45) is 11.2. The minimum Gasteiger partial charge on any atom is -0.478 e. The first-order valence-corrected chi connectivity index (χ1v) is 7.93. The number of benzene rings is 1. The van der Waals surface area contributed by atoms with E-state index in [1.807, 2.05) is 12.1 Å². The lowest BCUT2D eigenvalue weighted by molar-refractivity contribution is -0.131. The molecule has 1 saturated heterocycles. The lowest BCUT2D eigenvalue weighted by Gasteiger charge is -2.51. The molecule has 0 atom stereocenters. The van der Waals surface area contributed by atoms with Crippen molar-refractivity contribution < 1.29 is 9.90 Å². The Labute approximate surface area is 126 Å². The van der Waals surface area contributed by atoms with Gasteiger partial charge in [0.15, 0.2) is 0 Å². The van der Waals surface area contributed by atoms with E-state index in [9.17, 15) is 4.79 Å². The van der Waals surface area contributed by atoms with Gasteiger partial charge in [-0.15, -0.1) is 0 Å². The monoisotopic (exact) mass is 285 g/mol. The fourth-order valence-corrected chi connectivity index (χ4v) is 3.70. The van der Waals surface area contributed by atoms with Crippen LogP contribution in [0, 0.1) is 5.41 Å². The molecule has 2 aliphatic rings. The van der Waals surface area contributed by atoms with Crippen molar-refractivity contribution in [2.24, 2.45) is 5.41 Å². The molecule has 1 spiro atoms. The van der Waals surface area contributed by atoms with E-state index < -0.39 is 5.97 Å². The number of anilines is 1. The average molecular weight is 285 g/mol. The lowest BCUT2D eigenvalue weighted by atomic mass is 9.73. The largest absolute Gasteiger partial charge is 0.478 e. The van der Waals surface area contributed by atoms with Gasteiger partial charge in [0.1, 0.15) is 0 Å². The molecule has 0 radical (unpaired) electrons. The highest BCUT2D eigenvalue weighted by Gasteiger charge is 2.42. The summed E-state index contributed by atoms with van der Waals surface area (Å²) in [7, 11) is 0. The second-order valence-corrected chi connectivity index (χ2v) is 6.53. The number of aliphatic carboxylic acids is 1. The topological polar surface area (TPSA) is 40.5 Å². The maximum Gasteiger partial charge on any atom is 0.328 e. The quantitative estimate of drug-likeness (QED) is 0.855. The molecule has 0 amide bonds. The van der Waals surface area contributed by atoms with Gasteiger partial charge in [-0.2, -0.15) is 0 Å². The molecule has 0 bridgehead atoms. The highest BCUT2D eigenvalue weighted by molar-refractivity contribution is 5.85. The third-order valence-electron chi connectivity index (χ3n) is 4.89. The number of nitrogens with zero attached hydrogens (tertiary/aromatic N) is 1. The zero-order valence-electron chi connectivity index (χ0n) is 12.4. The zero-order chi connectivity index (χ0) is 14.7. The molecule has 21 heavy (non-hydrogen) atoms. The first-order chi connectivity index (χ1) is 10.2. The Morgan fingerprint density at radius 3 is 2.24 bits per heavy atom. The van der Waals surface area contributed by atoms with Gasteiger partial charge in [-0.1, -0.05) is 37.8 Å². The van der Waals surface area contributed by atoms with Crippen LogP contribution in [0.2, 0.25) is 0 Å². The van der Waals surface area contributed by atoms with Gasteiger partial charge in [-0.3, -0.25) is 0 Å². The Balaban J connectivity index is 1.60. The SMILES string of the molecule is O=C(O)/C=C/c1ccc(N2CC3(CCCCCC3)C2)cc1. The summed E-state index contributed by atoms with van der Waals surface area (Å²) in [6.45, 7) is 2.38. The normalized spacial score (nSPS) is 21.2. The van der Waals surface area contributed by atoms with Crippen LogP contribution in [0.15, 0.2) is 30.3 Å². The van der Waals surface area contributed by atoms with Crippen LogP contribution >= 0.6 is 0 Å². The van der Waals surface area contributed by atoms with E-state index in [-0.39, 0.29) is 0 Å². The summed E-state index contributed by atoms with van der Waals surface area (Å²) < 4.78 is 0. The molecular weight excluding hydrogens is 262 g/mol. The number of carboxylic acids is 1. The lowest BCUT2D eigenvalue weighted by Crippen LogP contribution is -2.56. The number of rotatable bonds is 3. The molecule has 0 aromatic heterocycles. The zero-order valence-corrected chi connectivity index (χ0v) is 12.4. The number of hydrogen-bond acceptors (Lipinski definition) is 2. The van der Waals surface area contributed by atoms with Crippen LogP contribution in [0.25, 0.3) is 6.08 Å². The van der Waals surface area contributed by atoms with Crippen molar-refractivity contribution in [3.8, 4) is 0 Å². The predicted molar refractivity (Wildman–Crippen MR) is 85.5 cm³/mol. The summed E-state index contributed by atoms with van der Waals surface area (Å²) in [5.41, 5.74) is 2.78. The summed E-state index contributed by atoms with van der Waals surface area (Å²) in [6, 6.07) is 8.19. The van der Waals surface area contributed by atoms with E-state index >= 15 is 0 Å². The number of hydrogen-bond donors (Lipinski definition) is 1. The maximum atomic E-state index is 10.5. The maximum absolute atomic E-state index is 10.5. The van der Waals surface area contributed by atoms with Crippen molar-refractivity contribution >= 4 is 17.7 Å². The van der Waals surface area contributed by atoms with Crippen molar-refractivity contribution in [1.82, 2.24) is 0 Å². The van der Waals surface area contributed by atoms with Crippen molar-refractivity contribution in [2.45, 2.75) is 38.5 Å². The van der Waals surface area contributed by atoms with Gasteiger partial charge in [-0.25, -0.2) is 4.79 Å². The van der Waals surface area contributed by atoms with Crippen LogP contribution in [0.5, 0.6) is 0 Å². The Morgan fingerprint density at radius 2 is 1.67 bits per heavy atom. The van der Waals surface area contributed by atoms with Crippen LogP contribution in [-0.4, -0.2) is 24.2 Å². The fourth-order valence-electron chi connectivity index (χ4n) is 3.70. The third kappa shape index (κ3) is 3.29. The molecular formula is C18H23NO2. The summed E-state index contributed by atoms with van der Waals surface area (Å²) in [5.74, 6) is -0.905. The molecule has 112 valence electrons. The van der Waals surface area contributed by atoms with E-state index in [4.69, 9.17) is 5.11 Å². The second-order valence-electron chi connectivity index (χ2n) is 6.53. The molecule has 1 aromatic rings. The van der Waals surface area contributed by atoms with Gasteiger partial charge in [-0.05, 0) is 36.6 Å². The Morgan fingerprint density at radius 1 is 1.05 bits per heavy atom. The molecule has 2 fully saturated rings. The molecule has 3 rings (SSSR count). The molecule has 1 aromatic carbocycles. The Hall–Kier alpha value is -1.77. The van der Waals surface area contributed by atoms with Gasteiger partial charge in [0, 0.05) is 30.3 Å². The Bertz CT molecular complexity index is 517. The van der Waals surface area contributed by atoms with Crippen molar-refractivity contribution in [3.63, 3.8) is 0 Å². The van der Waals surface area contributed by atoms with E-state index in [0.29, 0.717) is 5.41 Å². The van der Waals surface area contributed by atoms with E-state index in [1.165, 1.54) is 63.4 Å². The van der Waals surface area contributed by atoms with Gasteiger partial charge in [0.05, 0.1) is 0 Å². The highest BCUT2D eigenvalue weighted by Crippen LogP contribution is 2.44. The minimum absolute atomic E-state index is 0.582. The molecule has 1 saturated carbocycles. The summed E-state index contributed by atoms with van der Waals surface area (Å²) in [5, 5.41) is 8.63. The van der Waals surface area contributed by atoms with Gasteiger partial charge in [0.2, 0.25) is 0 Å². The van der Waals surface area contributed by atoms with Crippen LogP contribution in [0.1, 0.15) is 44.1 Å². The van der Waals surface area contributed by atoms with Gasteiger partial charge >= 0.3 is 5.97 Å². The predicted octanol–water partition coefficient (Wildman–Crippen LogP) is 3.95. The van der Waals surface area contributed by atoms with Crippen LogP contribution in [0.4, 0.5) is 5.69 Å². The van der Waals surface area contributed by atoms with E-state index in [1.54, 1.807) is 6.08 Å². The molecule has 1 N–H and O–H groups in total. The molecule has 1 heterocycles. The van der Waals surface area contributed by atoms with Crippen LogP contribution < -0.4 is 4.90 Å². The standard InChI is InChI=1S/C18H23NO2/c20-17(21)10-7-15-5-8-16(9-6-15)19-13-18(14-19)11-3-1-2-4-12-18/h5-10H,1-4,11-14H2,(H,20,21)/b10-7+. The summed E-state index contributed by atoms with van der Waals surface area (Å²) >= 11 is 0.